The van der Waals surface area contributed by atoms with E-state index < -0.39 is 22.5 Å². The Morgan fingerprint density at radius 3 is 2.06 bits per heavy atom. The van der Waals surface area contributed by atoms with Crippen LogP contribution >= 0.6 is 11.6 Å². The number of nitrogens with one attached hydrogen (secondary N) is 2. The van der Waals surface area contributed by atoms with Crippen molar-refractivity contribution in [2.75, 3.05) is 27.7 Å². The molecule has 0 spiro atoms. The number of nitrogens with zero attached hydrogens (tertiary/aromatic N) is 1. The Balaban J connectivity index is 1.70. The minimum Gasteiger partial charge on any atom is -0.324 e. The zero-order chi connectivity index (χ0) is 25.8. The molecule has 35 heavy (non-hydrogen) atoms. The normalized spacial score (nSPS) is 11.6. The number of halogens is 1. The van der Waals surface area contributed by atoms with Gasteiger partial charge in [-0.05, 0) is 53.4 Å². The SMILES string of the molecule is CC(C)(C)c1ccc(C(=O)Nc2cccc(NC(=O)CN(c3ccccc3Cl)S(C)(=O)=O)c2)cc1. The Morgan fingerprint density at radius 1 is 0.886 bits per heavy atom. The lowest BCUT2D eigenvalue weighted by Crippen LogP contribution is -2.37. The lowest BCUT2D eigenvalue weighted by molar-refractivity contribution is -0.114. The van der Waals surface area contributed by atoms with E-state index in [0.717, 1.165) is 16.1 Å². The van der Waals surface area contributed by atoms with Gasteiger partial charge in [-0.2, -0.15) is 0 Å². The average molecular weight is 514 g/mol. The molecule has 0 unspecified atom stereocenters. The third-order valence-corrected chi connectivity index (χ3v) is 6.67. The second-order valence-corrected chi connectivity index (χ2v) is 11.4. The highest BCUT2D eigenvalue weighted by Crippen LogP contribution is 2.27. The molecule has 184 valence electrons. The number of sulfonamides is 1. The van der Waals surface area contributed by atoms with Crippen molar-refractivity contribution in [1.82, 2.24) is 0 Å². The van der Waals surface area contributed by atoms with Crippen LogP contribution in [0.2, 0.25) is 5.02 Å². The molecule has 0 bridgehead atoms. The third kappa shape index (κ3) is 7.07. The summed E-state index contributed by atoms with van der Waals surface area (Å²) in [6, 6.07) is 20.4. The van der Waals surface area contributed by atoms with E-state index >= 15 is 0 Å². The van der Waals surface area contributed by atoms with E-state index in [4.69, 9.17) is 11.6 Å². The summed E-state index contributed by atoms with van der Waals surface area (Å²) in [5.74, 6) is -0.840. The summed E-state index contributed by atoms with van der Waals surface area (Å²) in [7, 11) is -3.76. The minimum absolute atomic E-state index is 0.0138. The Hall–Kier alpha value is -3.36. The number of hydrogen-bond donors (Lipinski definition) is 2. The van der Waals surface area contributed by atoms with Crippen LogP contribution in [0.4, 0.5) is 17.1 Å². The van der Waals surface area contributed by atoms with Crippen LogP contribution in [0.5, 0.6) is 0 Å². The number of rotatable bonds is 7. The zero-order valence-corrected chi connectivity index (χ0v) is 21.6. The molecule has 7 nitrogen and oxygen atoms in total. The fourth-order valence-electron chi connectivity index (χ4n) is 3.37. The third-order valence-electron chi connectivity index (χ3n) is 5.23. The molecule has 9 heteroatoms. The van der Waals surface area contributed by atoms with E-state index in [0.29, 0.717) is 16.9 Å². The fraction of sp³-hybridized carbons (Fsp3) is 0.231. The van der Waals surface area contributed by atoms with Crippen molar-refractivity contribution in [3.8, 4) is 0 Å². The molecule has 0 aliphatic carbocycles. The van der Waals surface area contributed by atoms with Gasteiger partial charge in [-0.3, -0.25) is 13.9 Å². The summed E-state index contributed by atoms with van der Waals surface area (Å²) < 4.78 is 25.5. The maximum absolute atomic E-state index is 12.7. The number of benzene rings is 3. The molecular weight excluding hydrogens is 486 g/mol. The maximum Gasteiger partial charge on any atom is 0.255 e. The smallest absolute Gasteiger partial charge is 0.255 e. The van der Waals surface area contributed by atoms with Gasteiger partial charge in [-0.15, -0.1) is 0 Å². The van der Waals surface area contributed by atoms with E-state index in [1.807, 2.05) is 12.1 Å². The lowest BCUT2D eigenvalue weighted by Gasteiger charge is -2.22. The molecule has 0 aliphatic rings. The second-order valence-electron chi connectivity index (χ2n) is 9.13. The lowest BCUT2D eigenvalue weighted by atomic mass is 9.87. The Kier molecular flexibility index (Phi) is 7.87. The highest BCUT2D eigenvalue weighted by molar-refractivity contribution is 7.92. The molecule has 0 atom stereocenters. The van der Waals surface area contributed by atoms with Gasteiger partial charge in [0.05, 0.1) is 17.0 Å². The number of carbonyl (C=O) groups excluding carboxylic acids is 2. The first-order valence-electron chi connectivity index (χ1n) is 10.9. The van der Waals surface area contributed by atoms with Crippen molar-refractivity contribution in [2.45, 2.75) is 26.2 Å². The number of para-hydroxylation sites is 1. The molecule has 3 aromatic carbocycles. The topological polar surface area (TPSA) is 95.6 Å². The van der Waals surface area contributed by atoms with Crippen LogP contribution in [0, 0.1) is 0 Å². The summed E-state index contributed by atoms with van der Waals surface area (Å²) >= 11 is 6.14. The number of carbonyl (C=O) groups is 2. The standard InChI is InChI=1S/C26H28ClN3O4S/c1-26(2,3)19-14-12-18(13-15-19)25(32)29-21-9-7-8-20(16-21)28-24(31)17-30(35(4,33)34)23-11-6-5-10-22(23)27/h5-16H,17H2,1-4H3,(H,28,31)(H,29,32). The summed E-state index contributed by atoms with van der Waals surface area (Å²) in [4.78, 5) is 25.3. The fourth-order valence-corrected chi connectivity index (χ4v) is 4.52. The zero-order valence-electron chi connectivity index (χ0n) is 20.0. The van der Waals surface area contributed by atoms with Gasteiger partial charge in [0.2, 0.25) is 15.9 Å². The van der Waals surface area contributed by atoms with Gasteiger partial charge < -0.3 is 10.6 Å². The maximum atomic E-state index is 12.7. The summed E-state index contributed by atoms with van der Waals surface area (Å²) in [6.07, 6.45) is 1.01. The molecule has 0 saturated carbocycles. The number of hydrogen-bond acceptors (Lipinski definition) is 4. The van der Waals surface area contributed by atoms with E-state index in [-0.39, 0.29) is 22.0 Å². The van der Waals surface area contributed by atoms with Crippen LogP contribution in [0.15, 0.2) is 72.8 Å². The number of anilines is 3. The largest absolute Gasteiger partial charge is 0.324 e. The van der Waals surface area contributed by atoms with Crippen LogP contribution < -0.4 is 14.9 Å². The van der Waals surface area contributed by atoms with Crippen molar-refractivity contribution < 1.29 is 18.0 Å². The van der Waals surface area contributed by atoms with Crippen LogP contribution in [-0.2, 0) is 20.2 Å². The Morgan fingerprint density at radius 2 is 1.49 bits per heavy atom. The van der Waals surface area contributed by atoms with Gasteiger partial charge in [0.15, 0.2) is 0 Å². The molecule has 2 N–H and O–H groups in total. The van der Waals surface area contributed by atoms with Crippen molar-refractivity contribution >= 4 is 50.5 Å². The summed E-state index contributed by atoms with van der Waals surface area (Å²) in [6.45, 7) is 5.85. The summed E-state index contributed by atoms with van der Waals surface area (Å²) in [5.41, 5.74) is 2.72. The molecule has 0 heterocycles. The molecule has 0 aromatic heterocycles. The average Bonchev–Trinajstić information content (AvgIpc) is 2.77. The first-order chi connectivity index (χ1) is 16.3. The molecule has 0 fully saturated rings. The van der Waals surface area contributed by atoms with Gasteiger partial charge >= 0.3 is 0 Å². The van der Waals surface area contributed by atoms with Crippen molar-refractivity contribution in [3.05, 3.63) is 88.9 Å². The minimum atomic E-state index is -3.76. The van der Waals surface area contributed by atoms with E-state index in [1.54, 1.807) is 54.6 Å². The van der Waals surface area contributed by atoms with Crippen LogP contribution in [0.25, 0.3) is 0 Å². The monoisotopic (exact) mass is 513 g/mol. The van der Waals surface area contributed by atoms with Crippen molar-refractivity contribution in [1.29, 1.82) is 0 Å². The van der Waals surface area contributed by atoms with Gasteiger partial charge in [0.1, 0.15) is 6.54 Å². The van der Waals surface area contributed by atoms with Gasteiger partial charge in [-0.25, -0.2) is 8.42 Å². The van der Waals surface area contributed by atoms with Crippen molar-refractivity contribution in [2.24, 2.45) is 0 Å². The summed E-state index contributed by atoms with van der Waals surface area (Å²) in [5, 5.41) is 5.70. The Labute approximate surface area is 211 Å². The molecule has 3 aromatic rings. The molecule has 3 rings (SSSR count). The second kappa shape index (κ2) is 10.5. The molecule has 0 saturated heterocycles. The highest BCUT2D eigenvalue weighted by Gasteiger charge is 2.23. The van der Waals surface area contributed by atoms with Gasteiger partial charge in [0.25, 0.3) is 5.91 Å². The molecular formula is C26H28ClN3O4S. The van der Waals surface area contributed by atoms with E-state index in [1.165, 1.54) is 6.07 Å². The van der Waals surface area contributed by atoms with Crippen LogP contribution in [0.3, 0.4) is 0 Å². The van der Waals surface area contributed by atoms with Crippen LogP contribution in [-0.4, -0.2) is 33.0 Å². The van der Waals surface area contributed by atoms with E-state index in [2.05, 4.69) is 31.4 Å². The first-order valence-corrected chi connectivity index (χ1v) is 13.1. The quantitative estimate of drug-likeness (QED) is 0.448. The molecule has 0 aliphatic heterocycles. The first kappa shape index (κ1) is 26.2. The predicted octanol–water partition coefficient (Wildman–Crippen LogP) is 5.29. The van der Waals surface area contributed by atoms with E-state index in [9.17, 15) is 18.0 Å². The number of amides is 2. The molecule has 0 radical (unpaired) electrons. The van der Waals surface area contributed by atoms with Crippen LogP contribution in [0.1, 0.15) is 36.7 Å². The predicted molar refractivity (Wildman–Crippen MR) is 142 cm³/mol. The van der Waals surface area contributed by atoms with Gasteiger partial charge in [0, 0.05) is 16.9 Å². The molecule has 2 amide bonds. The Bertz CT molecular complexity index is 1330. The highest BCUT2D eigenvalue weighted by atomic mass is 35.5. The van der Waals surface area contributed by atoms with Crippen molar-refractivity contribution in [3.63, 3.8) is 0 Å². The van der Waals surface area contributed by atoms with Gasteiger partial charge in [-0.1, -0.05) is 62.7 Å².